The average Bonchev–Trinajstić information content (AvgIpc) is 2.41. The van der Waals surface area contributed by atoms with E-state index in [9.17, 15) is 0 Å². The molecular formula is C15H20N4. The zero-order chi connectivity index (χ0) is 14.0. The third-order valence-electron chi connectivity index (χ3n) is 3.20. The number of aryl methyl sites for hydroxylation is 2. The van der Waals surface area contributed by atoms with Gasteiger partial charge in [0.1, 0.15) is 5.69 Å². The number of aromatic nitrogens is 2. The summed E-state index contributed by atoms with van der Waals surface area (Å²) < 4.78 is 0. The van der Waals surface area contributed by atoms with E-state index in [-0.39, 0.29) is 0 Å². The summed E-state index contributed by atoms with van der Waals surface area (Å²) in [6.45, 7) is 3.96. The van der Waals surface area contributed by atoms with Gasteiger partial charge in [0.15, 0.2) is 5.82 Å². The lowest BCUT2D eigenvalue weighted by atomic mass is 10.1. The Kier molecular flexibility index (Phi) is 3.69. The molecule has 1 heterocycles. The molecule has 0 saturated carbocycles. The molecule has 0 radical (unpaired) electrons. The van der Waals surface area contributed by atoms with Crippen LogP contribution in [0.4, 0.5) is 11.5 Å². The Morgan fingerprint density at radius 2 is 1.53 bits per heavy atom. The lowest BCUT2D eigenvalue weighted by Crippen LogP contribution is -2.08. The molecule has 0 bridgehead atoms. The topological polar surface area (TPSA) is 41.1 Å². The number of anilines is 2. The summed E-state index contributed by atoms with van der Waals surface area (Å²) in [6, 6.07) is 8.33. The number of benzene rings is 1. The lowest BCUT2D eigenvalue weighted by molar-refractivity contribution is 1.05. The summed E-state index contributed by atoms with van der Waals surface area (Å²) in [5.41, 5.74) is 5.07. The van der Waals surface area contributed by atoms with Gasteiger partial charge in [-0.3, -0.25) is 0 Å². The van der Waals surface area contributed by atoms with Crippen molar-refractivity contribution in [3.8, 4) is 11.3 Å². The third-order valence-corrected chi connectivity index (χ3v) is 3.20. The SMILES string of the molecule is CNc1nc(C)c(C)nc1-c1ccc(N(C)C)cc1. The maximum Gasteiger partial charge on any atom is 0.152 e. The lowest BCUT2D eigenvalue weighted by Gasteiger charge is -2.14. The number of rotatable bonds is 3. The minimum absolute atomic E-state index is 0.820. The first kappa shape index (κ1) is 13.3. The van der Waals surface area contributed by atoms with Crippen molar-refractivity contribution in [1.29, 1.82) is 0 Å². The van der Waals surface area contributed by atoms with Crippen molar-refractivity contribution in [2.75, 3.05) is 31.4 Å². The van der Waals surface area contributed by atoms with Gasteiger partial charge >= 0.3 is 0 Å². The smallest absolute Gasteiger partial charge is 0.152 e. The van der Waals surface area contributed by atoms with Crippen LogP contribution in [0.15, 0.2) is 24.3 Å². The van der Waals surface area contributed by atoms with E-state index >= 15 is 0 Å². The molecule has 0 unspecified atom stereocenters. The van der Waals surface area contributed by atoms with E-state index in [2.05, 4.69) is 44.5 Å². The van der Waals surface area contributed by atoms with Crippen LogP contribution in [0.1, 0.15) is 11.4 Å². The molecular weight excluding hydrogens is 236 g/mol. The highest BCUT2D eigenvalue weighted by Gasteiger charge is 2.10. The molecule has 2 rings (SSSR count). The van der Waals surface area contributed by atoms with E-state index < -0.39 is 0 Å². The van der Waals surface area contributed by atoms with Crippen molar-refractivity contribution in [2.24, 2.45) is 0 Å². The zero-order valence-electron chi connectivity index (χ0n) is 12.2. The van der Waals surface area contributed by atoms with Crippen molar-refractivity contribution in [1.82, 2.24) is 9.97 Å². The summed E-state index contributed by atoms with van der Waals surface area (Å²) in [6.07, 6.45) is 0. The predicted molar refractivity (Wildman–Crippen MR) is 80.8 cm³/mol. The maximum absolute atomic E-state index is 4.65. The molecule has 0 saturated heterocycles. The molecule has 2 aromatic rings. The van der Waals surface area contributed by atoms with E-state index in [1.165, 1.54) is 5.69 Å². The van der Waals surface area contributed by atoms with Crippen molar-refractivity contribution in [3.05, 3.63) is 35.7 Å². The van der Waals surface area contributed by atoms with Crippen molar-refractivity contribution >= 4 is 11.5 Å². The molecule has 0 aliphatic carbocycles. The quantitative estimate of drug-likeness (QED) is 0.916. The highest BCUT2D eigenvalue weighted by Crippen LogP contribution is 2.26. The first-order valence-corrected chi connectivity index (χ1v) is 6.33. The molecule has 1 aromatic carbocycles. The largest absolute Gasteiger partial charge is 0.378 e. The molecule has 1 aromatic heterocycles. The van der Waals surface area contributed by atoms with Gasteiger partial charge in [0.25, 0.3) is 0 Å². The fraction of sp³-hybridized carbons (Fsp3) is 0.333. The standard InChI is InChI=1S/C15H20N4/c1-10-11(2)18-15(16-3)14(17-10)12-6-8-13(9-7-12)19(4)5/h6-9H,1-5H3,(H,16,18). The molecule has 4 nitrogen and oxygen atoms in total. The number of hydrogen-bond donors (Lipinski definition) is 1. The number of nitrogens with one attached hydrogen (secondary N) is 1. The van der Waals surface area contributed by atoms with Crippen LogP contribution in [0.25, 0.3) is 11.3 Å². The minimum Gasteiger partial charge on any atom is -0.378 e. The average molecular weight is 256 g/mol. The van der Waals surface area contributed by atoms with Crippen LogP contribution < -0.4 is 10.2 Å². The summed E-state index contributed by atoms with van der Waals surface area (Å²) in [5, 5.41) is 3.12. The minimum atomic E-state index is 0.820. The van der Waals surface area contributed by atoms with Crippen LogP contribution in [-0.4, -0.2) is 31.1 Å². The van der Waals surface area contributed by atoms with Crippen LogP contribution in [0, 0.1) is 13.8 Å². The van der Waals surface area contributed by atoms with Gasteiger partial charge < -0.3 is 10.2 Å². The summed E-state index contributed by atoms with van der Waals surface area (Å²) >= 11 is 0. The molecule has 19 heavy (non-hydrogen) atoms. The van der Waals surface area contributed by atoms with Gasteiger partial charge in [-0.1, -0.05) is 12.1 Å². The van der Waals surface area contributed by atoms with E-state index in [4.69, 9.17) is 0 Å². The van der Waals surface area contributed by atoms with Crippen LogP contribution >= 0.6 is 0 Å². The second kappa shape index (κ2) is 5.26. The van der Waals surface area contributed by atoms with E-state index in [1.54, 1.807) is 0 Å². The molecule has 100 valence electrons. The number of hydrogen-bond acceptors (Lipinski definition) is 4. The van der Waals surface area contributed by atoms with Crippen LogP contribution in [0.5, 0.6) is 0 Å². The summed E-state index contributed by atoms with van der Waals surface area (Å²) in [5.74, 6) is 0.820. The van der Waals surface area contributed by atoms with Crippen molar-refractivity contribution in [2.45, 2.75) is 13.8 Å². The molecule has 1 N–H and O–H groups in total. The fourth-order valence-corrected chi connectivity index (χ4v) is 1.90. The molecule has 0 aliphatic heterocycles. The Labute approximate surface area is 114 Å². The Morgan fingerprint density at radius 1 is 0.947 bits per heavy atom. The summed E-state index contributed by atoms with van der Waals surface area (Å²) in [7, 11) is 5.93. The normalized spacial score (nSPS) is 10.4. The maximum atomic E-state index is 4.65. The van der Waals surface area contributed by atoms with Gasteiger partial charge in [-0.05, 0) is 26.0 Å². The van der Waals surface area contributed by atoms with E-state index in [0.717, 1.165) is 28.5 Å². The molecule has 0 fully saturated rings. The second-order valence-corrected chi connectivity index (χ2v) is 4.78. The Hall–Kier alpha value is -2.10. The van der Waals surface area contributed by atoms with Crippen LogP contribution in [0.2, 0.25) is 0 Å². The Balaban J connectivity index is 2.49. The first-order chi connectivity index (χ1) is 9.02. The van der Waals surface area contributed by atoms with Gasteiger partial charge in [0.2, 0.25) is 0 Å². The molecule has 4 heteroatoms. The first-order valence-electron chi connectivity index (χ1n) is 6.33. The second-order valence-electron chi connectivity index (χ2n) is 4.78. The Bertz CT molecular complexity index is 573. The molecule has 0 atom stereocenters. The van der Waals surface area contributed by atoms with Crippen LogP contribution in [0.3, 0.4) is 0 Å². The van der Waals surface area contributed by atoms with Gasteiger partial charge in [-0.2, -0.15) is 0 Å². The van der Waals surface area contributed by atoms with Crippen molar-refractivity contribution < 1.29 is 0 Å². The molecule has 0 aliphatic rings. The monoisotopic (exact) mass is 256 g/mol. The summed E-state index contributed by atoms with van der Waals surface area (Å²) in [4.78, 5) is 11.3. The highest BCUT2D eigenvalue weighted by atomic mass is 15.1. The Morgan fingerprint density at radius 3 is 2.05 bits per heavy atom. The highest BCUT2D eigenvalue weighted by molar-refractivity contribution is 5.73. The third kappa shape index (κ3) is 2.67. The van der Waals surface area contributed by atoms with Gasteiger partial charge in [-0.15, -0.1) is 0 Å². The van der Waals surface area contributed by atoms with Gasteiger partial charge in [0, 0.05) is 32.4 Å². The zero-order valence-corrected chi connectivity index (χ0v) is 12.2. The molecule has 0 spiro atoms. The van der Waals surface area contributed by atoms with Gasteiger partial charge in [0.05, 0.1) is 11.4 Å². The molecule has 0 amide bonds. The van der Waals surface area contributed by atoms with Crippen LogP contribution in [-0.2, 0) is 0 Å². The predicted octanol–water partition coefficient (Wildman–Crippen LogP) is 2.87. The van der Waals surface area contributed by atoms with Gasteiger partial charge in [-0.25, -0.2) is 9.97 Å². The fourth-order valence-electron chi connectivity index (χ4n) is 1.90. The van der Waals surface area contributed by atoms with E-state index in [0.29, 0.717) is 0 Å². The van der Waals surface area contributed by atoms with Crippen molar-refractivity contribution in [3.63, 3.8) is 0 Å². The van der Waals surface area contributed by atoms with E-state index in [1.807, 2.05) is 35.0 Å². The number of nitrogens with zero attached hydrogens (tertiary/aromatic N) is 3.